The van der Waals surface area contributed by atoms with E-state index in [4.69, 9.17) is 17.3 Å². The largest absolute Gasteiger partial charge is 0.368 e. The van der Waals surface area contributed by atoms with Gasteiger partial charge in [-0.3, -0.25) is 9.36 Å². The van der Waals surface area contributed by atoms with Crippen molar-refractivity contribution in [1.82, 2.24) is 14.8 Å². The fourth-order valence-electron chi connectivity index (χ4n) is 1.37. The summed E-state index contributed by atoms with van der Waals surface area (Å²) in [4.78, 5) is 12.1. The summed E-state index contributed by atoms with van der Waals surface area (Å²) in [6.07, 6.45) is 0. The van der Waals surface area contributed by atoms with Crippen LogP contribution in [-0.4, -0.2) is 20.7 Å². The number of primary amides is 1. The molecule has 0 aliphatic heterocycles. The van der Waals surface area contributed by atoms with E-state index in [2.05, 4.69) is 10.2 Å². The van der Waals surface area contributed by atoms with Crippen LogP contribution in [0, 0.1) is 6.92 Å². The Labute approximate surface area is 117 Å². The highest BCUT2D eigenvalue weighted by molar-refractivity contribution is 7.98. The van der Waals surface area contributed by atoms with Crippen molar-refractivity contribution < 1.29 is 4.79 Å². The quantitative estimate of drug-likeness (QED) is 0.858. The standard InChI is InChI=1S/C10H11ClN4OS2/c1-6-13-14-10(15(6)4-9(12)16)17-5-7-2-3-8(11)18-7/h2-3H,4-5H2,1H3,(H2,12,16). The Hall–Kier alpha value is -1.05. The van der Waals surface area contributed by atoms with E-state index >= 15 is 0 Å². The monoisotopic (exact) mass is 302 g/mol. The zero-order chi connectivity index (χ0) is 13.1. The maximum Gasteiger partial charge on any atom is 0.237 e. The number of rotatable bonds is 5. The lowest BCUT2D eigenvalue weighted by Gasteiger charge is -2.04. The normalized spacial score (nSPS) is 10.8. The summed E-state index contributed by atoms with van der Waals surface area (Å²) in [7, 11) is 0. The molecular weight excluding hydrogens is 292 g/mol. The van der Waals surface area contributed by atoms with Crippen molar-refractivity contribution in [3.05, 3.63) is 27.2 Å². The van der Waals surface area contributed by atoms with Gasteiger partial charge in [-0.05, 0) is 19.1 Å². The molecule has 8 heteroatoms. The minimum atomic E-state index is -0.404. The third-order valence-electron chi connectivity index (χ3n) is 2.19. The average Bonchev–Trinajstić information content (AvgIpc) is 2.85. The molecule has 5 nitrogen and oxygen atoms in total. The van der Waals surface area contributed by atoms with Crippen LogP contribution in [0.1, 0.15) is 10.7 Å². The molecule has 1 amide bonds. The molecule has 2 rings (SSSR count). The number of halogens is 1. The number of aryl methyl sites for hydroxylation is 1. The average molecular weight is 303 g/mol. The number of aromatic nitrogens is 3. The fourth-order valence-corrected chi connectivity index (χ4v) is 3.49. The van der Waals surface area contributed by atoms with E-state index in [0.717, 1.165) is 15.0 Å². The van der Waals surface area contributed by atoms with E-state index in [9.17, 15) is 4.79 Å². The molecule has 0 saturated carbocycles. The molecule has 96 valence electrons. The number of carbonyl (C=O) groups excluding carboxylic acids is 1. The van der Waals surface area contributed by atoms with Crippen LogP contribution < -0.4 is 5.73 Å². The summed E-state index contributed by atoms with van der Waals surface area (Å²) in [5, 5.41) is 8.67. The van der Waals surface area contributed by atoms with Gasteiger partial charge >= 0.3 is 0 Å². The SMILES string of the molecule is Cc1nnc(SCc2ccc(Cl)s2)n1CC(N)=O. The lowest BCUT2D eigenvalue weighted by molar-refractivity contribution is -0.118. The predicted octanol–water partition coefficient (Wildman–Crippen LogP) is 2.08. The van der Waals surface area contributed by atoms with Crippen molar-refractivity contribution in [3.63, 3.8) is 0 Å². The number of hydrogen-bond donors (Lipinski definition) is 1. The van der Waals surface area contributed by atoms with Gasteiger partial charge in [0.1, 0.15) is 12.4 Å². The first-order chi connectivity index (χ1) is 8.56. The zero-order valence-corrected chi connectivity index (χ0v) is 12.0. The van der Waals surface area contributed by atoms with Crippen molar-refractivity contribution in [3.8, 4) is 0 Å². The van der Waals surface area contributed by atoms with Crippen LogP contribution >= 0.6 is 34.7 Å². The maximum absolute atomic E-state index is 11.0. The molecule has 0 spiro atoms. The highest BCUT2D eigenvalue weighted by Crippen LogP contribution is 2.28. The van der Waals surface area contributed by atoms with E-state index in [1.165, 1.54) is 23.1 Å². The molecule has 0 fully saturated rings. The van der Waals surface area contributed by atoms with Gasteiger partial charge in [0.25, 0.3) is 0 Å². The molecule has 0 saturated heterocycles. The lowest BCUT2D eigenvalue weighted by Crippen LogP contribution is -2.20. The molecule has 0 atom stereocenters. The first-order valence-corrected chi connectivity index (χ1v) is 7.29. The first-order valence-electron chi connectivity index (χ1n) is 5.11. The van der Waals surface area contributed by atoms with Crippen LogP contribution in [0.15, 0.2) is 17.3 Å². The topological polar surface area (TPSA) is 73.8 Å². The van der Waals surface area contributed by atoms with Crippen molar-refractivity contribution in [1.29, 1.82) is 0 Å². The molecule has 0 radical (unpaired) electrons. The summed E-state index contributed by atoms with van der Waals surface area (Å²) in [5.74, 6) is 1.02. The van der Waals surface area contributed by atoms with E-state index < -0.39 is 5.91 Å². The Morgan fingerprint density at radius 1 is 1.56 bits per heavy atom. The molecule has 0 bridgehead atoms. The maximum atomic E-state index is 11.0. The van der Waals surface area contributed by atoms with Crippen molar-refractivity contribution in [2.75, 3.05) is 0 Å². The summed E-state index contributed by atoms with van der Waals surface area (Å²) < 4.78 is 2.47. The van der Waals surface area contributed by atoms with Gasteiger partial charge in [0.05, 0.1) is 4.34 Å². The van der Waals surface area contributed by atoms with Gasteiger partial charge in [-0.25, -0.2) is 0 Å². The fraction of sp³-hybridized carbons (Fsp3) is 0.300. The molecule has 2 heterocycles. The van der Waals surface area contributed by atoms with Crippen molar-refractivity contribution in [2.24, 2.45) is 5.73 Å². The van der Waals surface area contributed by atoms with E-state index in [1.54, 1.807) is 11.5 Å². The number of thioether (sulfide) groups is 1. The molecule has 2 aromatic rings. The molecular formula is C10H11ClN4OS2. The number of amides is 1. The molecule has 0 unspecified atom stereocenters. The zero-order valence-electron chi connectivity index (χ0n) is 9.59. The lowest BCUT2D eigenvalue weighted by atomic mass is 10.5. The molecule has 0 aliphatic rings. The Bertz CT molecular complexity index is 566. The highest BCUT2D eigenvalue weighted by Gasteiger charge is 2.11. The predicted molar refractivity (Wildman–Crippen MR) is 72.8 cm³/mol. The van der Waals surface area contributed by atoms with Gasteiger partial charge in [-0.15, -0.1) is 21.5 Å². The highest BCUT2D eigenvalue weighted by atomic mass is 35.5. The summed E-state index contributed by atoms with van der Waals surface area (Å²) in [6, 6.07) is 3.84. The molecule has 0 aromatic carbocycles. The molecule has 2 N–H and O–H groups in total. The number of nitrogens with two attached hydrogens (primary N) is 1. The first kappa shape index (κ1) is 13.4. The van der Waals surface area contributed by atoms with Crippen LogP contribution in [0.3, 0.4) is 0 Å². The van der Waals surface area contributed by atoms with Gasteiger partial charge in [0.2, 0.25) is 5.91 Å². The smallest absolute Gasteiger partial charge is 0.237 e. The summed E-state index contributed by atoms with van der Waals surface area (Å²) in [6.45, 7) is 1.90. The molecule has 0 aliphatic carbocycles. The summed E-state index contributed by atoms with van der Waals surface area (Å²) >= 11 is 8.90. The minimum Gasteiger partial charge on any atom is -0.368 e. The third-order valence-corrected chi connectivity index (χ3v) is 4.62. The number of nitrogens with zero attached hydrogens (tertiary/aromatic N) is 3. The second kappa shape index (κ2) is 5.73. The molecule has 18 heavy (non-hydrogen) atoms. The number of carbonyl (C=O) groups is 1. The van der Waals surface area contributed by atoms with Crippen molar-refractivity contribution in [2.45, 2.75) is 24.4 Å². The Balaban J connectivity index is 2.07. The van der Waals surface area contributed by atoms with E-state index in [-0.39, 0.29) is 6.54 Å². The second-order valence-electron chi connectivity index (χ2n) is 3.58. The van der Waals surface area contributed by atoms with E-state index in [1.807, 2.05) is 12.1 Å². The number of thiophene rings is 1. The van der Waals surface area contributed by atoms with Gasteiger partial charge in [0, 0.05) is 10.6 Å². The van der Waals surface area contributed by atoms with E-state index in [0.29, 0.717) is 11.0 Å². The van der Waals surface area contributed by atoms with Gasteiger partial charge in [-0.1, -0.05) is 23.4 Å². The van der Waals surface area contributed by atoms with Crippen molar-refractivity contribution >= 4 is 40.6 Å². The van der Waals surface area contributed by atoms with Crippen LogP contribution in [0.4, 0.5) is 0 Å². The van der Waals surface area contributed by atoms with Crippen LogP contribution in [-0.2, 0) is 17.1 Å². The second-order valence-corrected chi connectivity index (χ2v) is 6.32. The Morgan fingerprint density at radius 2 is 2.33 bits per heavy atom. The number of hydrogen-bond acceptors (Lipinski definition) is 5. The van der Waals surface area contributed by atoms with Crippen LogP contribution in [0.5, 0.6) is 0 Å². The Kier molecular flexibility index (Phi) is 4.26. The summed E-state index contributed by atoms with van der Waals surface area (Å²) in [5.41, 5.74) is 5.19. The van der Waals surface area contributed by atoms with Crippen LogP contribution in [0.2, 0.25) is 4.34 Å². The van der Waals surface area contributed by atoms with Gasteiger partial charge < -0.3 is 5.73 Å². The van der Waals surface area contributed by atoms with Gasteiger partial charge in [-0.2, -0.15) is 0 Å². The van der Waals surface area contributed by atoms with Gasteiger partial charge in [0.15, 0.2) is 5.16 Å². The molecule has 2 aromatic heterocycles. The Morgan fingerprint density at radius 3 is 2.94 bits per heavy atom. The minimum absolute atomic E-state index is 0.104. The van der Waals surface area contributed by atoms with Crippen LogP contribution in [0.25, 0.3) is 0 Å². The third kappa shape index (κ3) is 3.24.